The second-order valence-electron chi connectivity index (χ2n) is 7.97. The van der Waals surface area contributed by atoms with Crippen LogP contribution in [0.2, 0.25) is 0 Å². The molecule has 3 rings (SSSR count). The summed E-state index contributed by atoms with van der Waals surface area (Å²) in [6.07, 6.45) is -3.22. The number of carboxylic acids is 1. The van der Waals surface area contributed by atoms with E-state index in [1.165, 1.54) is 37.3 Å². The highest BCUT2D eigenvalue weighted by Gasteiger charge is 2.34. The van der Waals surface area contributed by atoms with Crippen molar-refractivity contribution >= 4 is 17.3 Å². The van der Waals surface area contributed by atoms with Crippen LogP contribution in [0, 0.1) is 6.92 Å². The summed E-state index contributed by atoms with van der Waals surface area (Å²) in [7, 11) is 0. The van der Waals surface area contributed by atoms with Crippen molar-refractivity contribution in [2.24, 2.45) is 0 Å². The zero-order valence-corrected chi connectivity index (χ0v) is 19.2. The van der Waals surface area contributed by atoms with Crippen molar-refractivity contribution in [1.29, 1.82) is 0 Å². The number of ether oxygens (including phenoxy) is 2. The average Bonchev–Trinajstić information content (AvgIpc) is 3.20. The Hall–Kier alpha value is -3.07. The number of aromatic nitrogens is 1. The number of hydrogen-bond donors (Lipinski definition) is 1. The molecule has 0 saturated heterocycles. The maximum Gasteiger partial charge on any atom is 0.417 e. The van der Waals surface area contributed by atoms with Crippen molar-refractivity contribution in [3.05, 3.63) is 64.0 Å². The Balaban J connectivity index is 1.56. The molecule has 5 nitrogen and oxygen atoms in total. The Morgan fingerprint density at radius 2 is 1.88 bits per heavy atom. The van der Waals surface area contributed by atoms with Crippen molar-refractivity contribution in [3.63, 3.8) is 0 Å². The van der Waals surface area contributed by atoms with Crippen LogP contribution in [-0.2, 0) is 17.4 Å². The van der Waals surface area contributed by atoms with E-state index < -0.39 is 23.3 Å². The first-order chi connectivity index (χ1) is 15.5. The van der Waals surface area contributed by atoms with Gasteiger partial charge in [-0.05, 0) is 57.0 Å². The van der Waals surface area contributed by atoms with Crippen molar-refractivity contribution in [1.82, 2.24) is 4.98 Å². The number of benzene rings is 2. The van der Waals surface area contributed by atoms with Gasteiger partial charge in [-0.3, -0.25) is 0 Å². The van der Waals surface area contributed by atoms with Crippen LogP contribution in [0.5, 0.6) is 11.5 Å². The number of nitrogens with zero attached hydrogens (tertiary/aromatic N) is 1. The minimum Gasteiger partial charge on any atom is -0.493 e. The third-order valence-electron chi connectivity index (χ3n) is 4.89. The van der Waals surface area contributed by atoms with Gasteiger partial charge in [-0.25, -0.2) is 9.78 Å². The quantitative estimate of drug-likeness (QED) is 0.360. The predicted octanol–water partition coefficient (Wildman–Crippen LogP) is 6.39. The lowest BCUT2D eigenvalue weighted by atomic mass is 10.1. The van der Waals surface area contributed by atoms with E-state index in [2.05, 4.69) is 4.98 Å². The van der Waals surface area contributed by atoms with E-state index in [1.54, 1.807) is 29.6 Å². The van der Waals surface area contributed by atoms with Gasteiger partial charge in [0.1, 0.15) is 11.5 Å². The number of thiazole rings is 1. The Labute approximate surface area is 193 Å². The van der Waals surface area contributed by atoms with Crippen molar-refractivity contribution in [2.75, 3.05) is 6.61 Å². The molecule has 0 amide bonds. The van der Waals surface area contributed by atoms with Crippen molar-refractivity contribution in [2.45, 2.75) is 45.4 Å². The van der Waals surface area contributed by atoms with Crippen LogP contribution in [0.4, 0.5) is 13.2 Å². The molecule has 1 N–H and O–H groups in total. The predicted molar refractivity (Wildman–Crippen MR) is 120 cm³/mol. The smallest absolute Gasteiger partial charge is 0.417 e. The average molecular weight is 480 g/mol. The van der Waals surface area contributed by atoms with Gasteiger partial charge in [0.15, 0.2) is 5.60 Å². The van der Waals surface area contributed by atoms with E-state index in [-0.39, 0.29) is 5.56 Å². The lowest BCUT2D eigenvalue weighted by molar-refractivity contribution is -0.152. The van der Waals surface area contributed by atoms with E-state index in [0.717, 1.165) is 16.6 Å². The number of carbonyl (C=O) groups is 1. The molecule has 0 unspecified atom stereocenters. The minimum absolute atomic E-state index is 0.0766. The van der Waals surface area contributed by atoms with E-state index in [0.29, 0.717) is 36.6 Å². The number of alkyl halides is 3. The highest BCUT2D eigenvalue weighted by Crippen LogP contribution is 2.37. The fourth-order valence-electron chi connectivity index (χ4n) is 3.09. The van der Waals surface area contributed by atoms with Crippen LogP contribution in [0.15, 0.2) is 47.8 Å². The van der Waals surface area contributed by atoms with Gasteiger partial charge in [0.05, 0.1) is 22.9 Å². The monoisotopic (exact) mass is 479 g/mol. The summed E-state index contributed by atoms with van der Waals surface area (Å²) in [5, 5.41) is 11.6. The zero-order chi connectivity index (χ0) is 24.2. The van der Waals surface area contributed by atoms with Gasteiger partial charge in [-0.15, -0.1) is 11.3 Å². The van der Waals surface area contributed by atoms with Crippen molar-refractivity contribution in [3.8, 4) is 22.8 Å². The van der Waals surface area contributed by atoms with E-state index in [4.69, 9.17) is 9.47 Å². The molecular weight excluding hydrogens is 455 g/mol. The first-order valence-corrected chi connectivity index (χ1v) is 11.1. The fourth-order valence-corrected chi connectivity index (χ4v) is 3.93. The summed E-state index contributed by atoms with van der Waals surface area (Å²) >= 11 is 1.32. The van der Waals surface area contributed by atoms with Gasteiger partial charge in [-0.1, -0.05) is 18.2 Å². The Kier molecular flexibility index (Phi) is 7.31. The molecule has 0 aliphatic carbocycles. The summed E-state index contributed by atoms with van der Waals surface area (Å²) in [6.45, 7) is 5.18. The molecule has 33 heavy (non-hydrogen) atoms. The lowest BCUT2D eigenvalue weighted by Gasteiger charge is -2.22. The van der Waals surface area contributed by atoms with Crippen LogP contribution in [0.3, 0.4) is 0 Å². The molecule has 0 bridgehead atoms. The normalized spacial score (nSPS) is 11.9. The highest BCUT2D eigenvalue weighted by atomic mass is 32.1. The zero-order valence-electron chi connectivity index (χ0n) is 18.4. The Bertz CT molecular complexity index is 1120. The topological polar surface area (TPSA) is 68.7 Å². The molecule has 1 aromatic heterocycles. The maximum absolute atomic E-state index is 13.2. The molecule has 1 heterocycles. The molecule has 0 aliphatic heterocycles. The third-order valence-corrected chi connectivity index (χ3v) is 5.80. The summed E-state index contributed by atoms with van der Waals surface area (Å²) in [6, 6.07) is 10.5. The molecule has 2 aromatic carbocycles. The minimum atomic E-state index is -4.43. The summed E-state index contributed by atoms with van der Waals surface area (Å²) in [5.41, 5.74) is -0.844. The van der Waals surface area contributed by atoms with Gasteiger partial charge < -0.3 is 14.6 Å². The number of hydrogen-bond acceptors (Lipinski definition) is 5. The fraction of sp³-hybridized carbons (Fsp3) is 0.333. The Morgan fingerprint density at radius 3 is 2.55 bits per heavy atom. The summed E-state index contributed by atoms with van der Waals surface area (Å²) < 4.78 is 51.1. The molecule has 0 atom stereocenters. The van der Waals surface area contributed by atoms with Gasteiger partial charge >= 0.3 is 12.1 Å². The van der Waals surface area contributed by atoms with E-state index in [9.17, 15) is 23.1 Å². The number of aryl methyl sites for hydroxylation is 2. The lowest BCUT2D eigenvalue weighted by Crippen LogP contribution is -2.37. The highest BCUT2D eigenvalue weighted by molar-refractivity contribution is 7.09. The number of aliphatic carboxylic acids is 1. The second-order valence-corrected chi connectivity index (χ2v) is 8.91. The number of rotatable bonds is 9. The van der Waals surface area contributed by atoms with Gasteiger partial charge in [0, 0.05) is 17.4 Å². The number of halogens is 3. The molecule has 0 fully saturated rings. The molecule has 0 spiro atoms. The molecule has 9 heteroatoms. The van der Waals surface area contributed by atoms with Crippen LogP contribution >= 0.6 is 11.3 Å². The third kappa shape index (κ3) is 6.25. The molecule has 0 radical (unpaired) electrons. The van der Waals surface area contributed by atoms with Crippen LogP contribution < -0.4 is 9.47 Å². The van der Waals surface area contributed by atoms with Crippen LogP contribution in [-0.4, -0.2) is 28.3 Å². The molecule has 176 valence electrons. The molecular formula is C24H24F3NO4S. The standard InChI is InChI=1S/C24H24F3NO4S/c1-15-13-16(32-23(2,3)22(29)30)10-11-20(15)31-12-6-9-21-28-19(14-33-21)17-7-4-5-8-18(17)24(25,26)27/h4-5,7-8,10-11,13-14H,6,9,12H2,1-3H3,(H,29,30). The molecule has 0 aliphatic rings. The number of carboxylic acid groups (broad SMARTS) is 1. The SMILES string of the molecule is Cc1cc(OC(C)(C)C(=O)O)ccc1OCCCc1nc(-c2ccccc2C(F)(F)F)cs1. The van der Waals surface area contributed by atoms with Crippen molar-refractivity contribution < 1.29 is 32.5 Å². The largest absolute Gasteiger partial charge is 0.493 e. The van der Waals surface area contributed by atoms with E-state index >= 15 is 0 Å². The second kappa shape index (κ2) is 9.82. The molecule has 3 aromatic rings. The maximum atomic E-state index is 13.2. The van der Waals surface area contributed by atoms with Gasteiger partial charge in [-0.2, -0.15) is 13.2 Å². The van der Waals surface area contributed by atoms with E-state index in [1.807, 2.05) is 6.92 Å². The van der Waals surface area contributed by atoms with Gasteiger partial charge in [0.25, 0.3) is 0 Å². The first kappa shape index (κ1) is 24.6. The summed E-state index contributed by atoms with van der Waals surface area (Å²) in [5.74, 6) is 0.0174. The van der Waals surface area contributed by atoms with Crippen LogP contribution in [0.1, 0.15) is 36.4 Å². The van der Waals surface area contributed by atoms with Gasteiger partial charge in [0.2, 0.25) is 0 Å². The molecule has 0 saturated carbocycles. The first-order valence-electron chi connectivity index (χ1n) is 10.2. The summed E-state index contributed by atoms with van der Waals surface area (Å²) in [4.78, 5) is 15.6. The van der Waals surface area contributed by atoms with Crippen LogP contribution in [0.25, 0.3) is 11.3 Å². The Morgan fingerprint density at radius 1 is 1.15 bits per heavy atom.